The van der Waals surface area contributed by atoms with Gasteiger partial charge >= 0.3 is 6.18 Å². The molecule has 2 aromatic carbocycles. The topological polar surface area (TPSA) is 59.2 Å². The number of carbonyl (C=O) groups is 1. The maximum atomic E-state index is 12.7. The predicted octanol–water partition coefficient (Wildman–Crippen LogP) is 4.27. The summed E-state index contributed by atoms with van der Waals surface area (Å²) in [6.07, 6.45) is -4.14. The molecule has 0 N–H and O–H groups in total. The van der Waals surface area contributed by atoms with E-state index in [4.69, 9.17) is 4.52 Å². The molecule has 0 aliphatic carbocycles. The summed E-state index contributed by atoms with van der Waals surface area (Å²) in [6, 6.07) is 14.2. The molecule has 1 unspecified atom stereocenters. The standard InChI is InChI=1S/C20H16F3N3O2/c21-20(22,23)16-8-6-13(7-9-16)11-26-12-15(10-17(26)27)19-24-18(25-28-19)14-4-2-1-3-5-14/h1-9,15H,10-12H2. The number of hydrogen-bond donors (Lipinski definition) is 0. The van der Waals surface area contributed by atoms with Crippen LogP contribution in [-0.2, 0) is 17.5 Å². The molecule has 8 heteroatoms. The Labute approximate surface area is 158 Å². The minimum Gasteiger partial charge on any atom is -0.339 e. The van der Waals surface area contributed by atoms with Gasteiger partial charge in [0.05, 0.1) is 11.5 Å². The highest BCUT2D eigenvalue weighted by Gasteiger charge is 2.35. The molecule has 1 atom stereocenters. The number of hydrogen-bond acceptors (Lipinski definition) is 4. The first-order chi connectivity index (χ1) is 13.4. The van der Waals surface area contributed by atoms with Gasteiger partial charge in [0.1, 0.15) is 0 Å². The first kappa shape index (κ1) is 18.2. The number of likely N-dealkylation sites (tertiary alicyclic amines) is 1. The van der Waals surface area contributed by atoms with Crippen molar-refractivity contribution in [3.8, 4) is 11.4 Å². The molecular weight excluding hydrogens is 371 g/mol. The van der Waals surface area contributed by atoms with Crippen molar-refractivity contribution in [3.63, 3.8) is 0 Å². The van der Waals surface area contributed by atoms with Crippen LogP contribution in [-0.4, -0.2) is 27.5 Å². The molecule has 1 aliphatic heterocycles. The van der Waals surface area contributed by atoms with Crippen LogP contribution in [0.25, 0.3) is 11.4 Å². The largest absolute Gasteiger partial charge is 0.416 e. The van der Waals surface area contributed by atoms with E-state index in [0.29, 0.717) is 23.8 Å². The summed E-state index contributed by atoms with van der Waals surface area (Å²) in [7, 11) is 0. The summed E-state index contributed by atoms with van der Waals surface area (Å²) < 4.78 is 43.3. The van der Waals surface area contributed by atoms with Crippen LogP contribution >= 0.6 is 0 Å². The van der Waals surface area contributed by atoms with Gasteiger partial charge in [0.25, 0.3) is 0 Å². The summed E-state index contributed by atoms with van der Waals surface area (Å²) in [5.74, 6) is 0.530. The number of alkyl halides is 3. The van der Waals surface area contributed by atoms with E-state index in [1.54, 1.807) is 4.90 Å². The number of aromatic nitrogens is 2. The highest BCUT2D eigenvalue weighted by molar-refractivity contribution is 5.79. The summed E-state index contributed by atoms with van der Waals surface area (Å²) in [6.45, 7) is 0.628. The third-order valence-corrected chi connectivity index (χ3v) is 4.69. The summed E-state index contributed by atoms with van der Waals surface area (Å²) in [5.41, 5.74) is 0.752. The SMILES string of the molecule is O=C1CC(c2nc(-c3ccccc3)no2)CN1Cc1ccc(C(F)(F)F)cc1. The maximum absolute atomic E-state index is 12.7. The van der Waals surface area contributed by atoms with Gasteiger partial charge in [-0.2, -0.15) is 18.2 Å². The second-order valence-corrected chi connectivity index (χ2v) is 6.69. The molecule has 0 radical (unpaired) electrons. The molecule has 5 nitrogen and oxygen atoms in total. The van der Waals surface area contributed by atoms with Gasteiger partial charge in [-0.15, -0.1) is 0 Å². The van der Waals surface area contributed by atoms with Gasteiger partial charge in [0.15, 0.2) is 0 Å². The van der Waals surface area contributed by atoms with Crippen molar-refractivity contribution in [2.75, 3.05) is 6.54 Å². The first-order valence-corrected chi connectivity index (χ1v) is 8.73. The zero-order valence-electron chi connectivity index (χ0n) is 14.7. The first-order valence-electron chi connectivity index (χ1n) is 8.73. The van der Waals surface area contributed by atoms with E-state index in [1.165, 1.54) is 12.1 Å². The Balaban J connectivity index is 1.44. The minimum atomic E-state index is -4.37. The van der Waals surface area contributed by atoms with Gasteiger partial charge in [-0.3, -0.25) is 4.79 Å². The van der Waals surface area contributed by atoms with Crippen molar-refractivity contribution in [1.29, 1.82) is 0 Å². The van der Waals surface area contributed by atoms with Crippen LogP contribution in [0.1, 0.15) is 29.4 Å². The molecule has 3 aromatic rings. The molecule has 0 saturated carbocycles. The number of halogens is 3. The Morgan fingerprint density at radius 3 is 2.46 bits per heavy atom. The van der Waals surface area contributed by atoms with Crippen LogP contribution in [0.15, 0.2) is 59.1 Å². The fourth-order valence-electron chi connectivity index (χ4n) is 3.22. The van der Waals surface area contributed by atoms with Gasteiger partial charge in [-0.05, 0) is 17.7 Å². The molecule has 1 aliphatic rings. The molecular formula is C20H16F3N3O2. The minimum absolute atomic E-state index is 0.0932. The molecule has 2 heterocycles. The zero-order chi connectivity index (χ0) is 19.7. The summed E-state index contributed by atoms with van der Waals surface area (Å²) in [5, 5.41) is 3.98. The van der Waals surface area contributed by atoms with Crippen molar-refractivity contribution in [2.45, 2.75) is 25.1 Å². The smallest absolute Gasteiger partial charge is 0.339 e. The molecule has 144 valence electrons. The summed E-state index contributed by atoms with van der Waals surface area (Å²) >= 11 is 0. The Kier molecular flexibility index (Phi) is 4.62. The maximum Gasteiger partial charge on any atom is 0.416 e. The lowest BCUT2D eigenvalue weighted by atomic mass is 10.1. The van der Waals surface area contributed by atoms with Gasteiger partial charge in [0.2, 0.25) is 17.6 Å². The van der Waals surface area contributed by atoms with Gasteiger partial charge in [-0.1, -0.05) is 47.6 Å². The van der Waals surface area contributed by atoms with E-state index in [1.807, 2.05) is 30.3 Å². The van der Waals surface area contributed by atoms with Gasteiger partial charge < -0.3 is 9.42 Å². The van der Waals surface area contributed by atoms with Crippen LogP contribution in [0.4, 0.5) is 13.2 Å². The summed E-state index contributed by atoms with van der Waals surface area (Å²) in [4.78, 5) is 18.3. The van der Waals surface area contributed by atoms with Crippen molar-refractivity contribution in [3.05, 3.63) is 71.6 Å². The number of carbonyl (C=O) groups excluding carboxylic acids is 1. The van der Waals surface area contributed by atoms with Crippen molar-refractivity contribution in [2.24, 2.45) is 0 Å². The van der Waals surface area contributed by atoms with Crippen molar-refractivity contribution < 1.29 is 22.5 Å². The average molecular weight is 387 g/mol. The van der Waals surface area contributed by atoms with Crippen LogP contribution in [0, 0.1) is 0 Å². The Morgan fingerprint density at radius 1 is 1.07 bits per heavy atom. The monoisotopic (exact) mass is 387 g/mol. The normalized spacial score (nSPS) is 17.3. The number of rotatable bonds is 4. The van der Waals surface area contributed by atoms with Crippen LogP contribution in [0.2, 0.25) is 0 Å². The van der Waals surface area contributed by atoms with E-state index in [9.17, 15) is 18.0 Å². The fourth-order valence-corrected chi connectivity index (χ4v) is 3.22. The van der Waals surface area contributed by atoms with E-state index >= 15 is 0 Å². The zero-order valence-corrected chi connectivity index (χ0v) is 14.7. The molecule has 28 heavy (non-hydrogen) atoms. The molecule has 1 amide bonds. The third-order valence-electron chi connectivity index (χ3n) is 4.69. The van der Waals surface area contributed by atoms with Crippen molar-refractivity contribution >= 4 is 5.91 Å². The van der Waals surface area contributed by atoms with Crippen LogP contribution < -0.4 is 0 Å². The molecule has 0 spiro atoms. The lowest BCUT2D eigenvalue weighted by Gasteiger charge is -2.16. The van der Waals surface area contributed by atoms with E-state index in [-0.39, 0.29) is 24.8 Å². The lowest BCUT2D eigenvalue weighted by molar-refractivity contribution is -0.137. The number of benzene rings is 2. The number of nitrogens with zero attached hydrogens (tertiary/aromatic N) is 3. The quantitative estimate of drug-likeness (QED) is 0.671. The molecule has 4 rings (SSSR count). The Bertz CT molecular complexity index is 968. The highest BCUT2D eigenvalue weighted by atomic mass is 19.4. The fraction of sp³-hybridized carbons (Fsp3) is 0.250. The van der Waals surface area contributed by atoms with Gasteiger partial charge in [-0.25, -0.2) is 0 Å². The van der Waals surface area contributed by atoms with E-state index in [0.717, 1.165) is 17.7 Å². The molecule has 1 saturated heterocycles. The Morgan fingerprint density at radius 2 is 1.79 bits per heavy atom. The predicted molar refractivity (Wildman–Crippen MR) is 94.0 cm³/mol. The molecule has 0 bridgehead atoms. The second kappa shape index (κ2) is 7.10. The lowest BCUT2D eigenvalue weighted by Crippen LogP contribution is -2.24. The Hall–Kier alpha value is -3.16. The second-order valence-electron chi connectivity index (χ2n) is 6.69. The highest BCUT2D eigenvalue weighted by Crippen LogP contribution is 2.31. The van der Waals surface area contributed by atoms with E-state index < -0.39 is 11.7 Å². The van der Waals surface area contributed by atoms with Crippen LogP contribution in [0.5, 0.6) is 0 Å². The van der Waals surface area contributed by atoms with Crippen molar-refractivity contribution in [1.82, 2.24) is 15.0 Å². The molecule has 1 fully saturated rings. The van der Waals surface area contributed by atoms with Gasteiger partial charge in [0, 0.05) is 25.1 Å². The average Bonchev–Trinajstić information content (AvgIpc) is 3.30. The van der Waals surface area contributed by atoms with Crippen LogP contribution in [0.3, 0.4) is 0 Å². The molecule has 1 aromatic heterocycles. The third kappa shape index (κ3) is 3.76. The van der Waals surface area contributed by atoms with E-state index in [2.05, 4.69) is 10.1 Å². The number of amides is 1.